The van der Waals surface area contributed by atoms with Crippen LogP contribution in [0.2, 0.25) is 0 Å². The fraction of sp³-hybridized carbons (Fsp3) is 0.588. The van der Waals surface area contributed by atoms with Crippen molar-refractivity contribution in [1.82, 2.24) is 10.0 Å². The van der Waals surface area contributed by atoms with Crippen LogP contribution in [0.5, 0.6) is 0 Å². The van der Waals surface area contributed by atoms with Crippen LogP contribution in [0.15, 0.2) is 17.0 Å². The summed E-state index contributed by atoms with van der Waals surface area (Å²) in [4.78, 5) is 22.4. The Bertz CT molecular complexity index is 838. The summed E-state index contributed by atoms with van der Waals surface area (Å²) in [6.45, 7) is 6.90. The highest BCUT2D eigenvalue weighted by Crippen LogP contribution is 2.29. The Labute approximate surface area is 170 Å². The van der Waals surface area contributed by atoms with E-state index in [4.69, 9.17) is 4.74 Å². The molecule has 0 unspecified atom stereocenters. The molecule has 0 bridgehead atoms. The van der Waals surface area contributed by atoms with E-state index in [-0.39, 0.29) is 47.0 Å². The number of nitrogens with one attached hydrogen (secondary N) is 2. The van der Waals surface area contributed by atoms with E-state index >= 15 is 0 Å². The molecule has 1 heterocycles. The van der Waals surface area contributed by atoms with Crippen LogP contribution in [0.4, 0.5) is 5.69 Å². The first kappa shape index (κ1) is 24.3. The molecule has 0 aliphatic carbocycles. The number of hydrogen-bond acceptors (Lipinski definition) is 7. The van der Waals surface area contributed by atoms with E-state index in [2.05, 4.69) is 10.0 Å². The van der Waals surface area contributed by atoms with Crippen molar-refractivity contribution in [3.05, 3.63) is 33.4 Å². The van der Waals surface area contributed by atoms with Gasteiger partial charge in [-0.3, -0.25) is 10.1 Å². The number of nitro benzene ring substituents is 1. The fourth-order valence-electron chi connectivity index (χ4n) is 3.00. The number of carbonyl (C=O) groups is 1. The van der Waals surface area contributed by atoms with Gasteiger partial charge in [0.15, 0.2) is 0 Å². The van der Waals surface area contributed by atoms with Crippen LogP contribution in [0, 0.1) is 22.5 Å². The number of hydrogen-bond donors (Lipinski definition) is 2. The van der Waals surface area contributed by atoms with Crippen LogP contribution in [0.1, 0.15) is 42.6 Å². The molecular weight excluding hydrogens is 410 g/mol. The summed E-state index contributed by atoms with van der Waals surface area (Å²) in [6, 6.07) is 2.11. The summed E-state index contributed by atoms with van der Waals surface area (Å²) >= 11 is 0. The maximum Gasteiger partial charge on any atom is 0.338 e. The number of benzene rings is 1. The van der Waals surface area contributed by atoms with Crippen molar-refractivity contribution in [3.8, 4) is 0 Å². The van der Waals surface area contributed by atoms with Crippen LogP contribution in [-0.2, 0) is 14.8 Å². The molecule has 0 spiro atoms. The number of nitro groups is 1. The summed E-state index contributed by atoms with van der Waals surface area (Å²) < 4.78 is 32.9. The number of rotatable bonds is 7. The van der Waals surface area contributed by atoms with Crippen LogP contribution in [0.25, 0.3) is 0 Å². The zero-order valence-corrected chi connectivity index (χ0v) is 17.7. The average Bonchev–Trinajstić information content (AvgIpc) is 2.61. The van der Waals surface area contributed by atoms with Gasteiger partial charge >= 0.3 is 5.97 Å². The summed E-state index contributed by atoms with van der Waals surface area (Å²) in [5.74, 6) is -0.791. The lowest BCUT2D eigenvalue weighted by molar-refractivity contribution is -0.385. The third-order valence-corrected chi connectivity index (χ3v) is 6.24. The third kappa shape index (κ3) is 5.63. The molecule has 9 nitrogen and oxygen atoms in total. The van der Waals surface area contributed by atoms with E-state index in [1.165, 1.54) is 6.92 Å². The van der Waals surface area contributed by atoms with Crippen LogP contribution in [-0.4, -0.2) is 45.6 Å². The Morgan fingerprint density at radius 2 is 1.96 bits per heavy atom. The van der Waals surface area contributed by atoms with Crippen molar-refractivity contribution >= 4 is 34.1 Å². The standard InChI is InChI=1S/C17H25N3O6S.ClH/c1-4-26-16(21)14-9-13(10-15(12(14)2)20(22)23)27(24,25)19-11-17(3)5-7-18-8-6-17;/h9-10,18-19H,4-8,11H2,1-3H3;1H. The molecule has 0 atom stereocenters. The van der Waals surface area contributed by atoms with Crippen LogP contribution in [0.3, 0.4) is 0 Å². The van der Waals surface area contributed by atoms with Gasteiger partial charge in [0.1, 0.15) is 0 Å². The topological polar surface area (TPSA) is 128 Å². The van der Waals surface area contributed by atoms with Gasteiger partial charge in [-0.05, 0) is 51.3 Å². The van der Waals surface area contributed by atoms with Gasteiger partial charge in [-0.2, -0.15) is 0 Å². The van der Waals surface area contributed by atoms with Gasteiger partial charge in [-0.1, -0.05) is 6.92 Å². The first-order valence-electron chi connectivity index (χ1n) is 8.76. The maximum atomic E-state index is 12.7. The second kappa shape index (κ2) is 9.64. The van der Waals surface area contributed by atoms with Gasteiger partial charge in [0.05, 0.1) is 22.0 Å². The molecule has 1 aliphatic heterocycles. The molecule has 0 saturated carbocycles. The molecule has 11 heteroatoms. The lowest BCUT2D eigenvalue weighted by Crippen LogP contribution is -2.42. The number of sulfonamides is 1. The highest BCUT2D eigenvalue weighted by molar-refractivity contribution is 7.89. The first-order chi connectivity index (χ1) is 12.6. The molecule has 2 N–H and O–H groups in total. The molecule has 158 valence electrons. The molecule has 0 aromatic heterocycles. The molecule has 0 radical (unpaired) electrons. The van der Waals surface area contributed by atoms with Gasteiger partial charge in [0, 0.05) is 18.2 Å². The Balaban J connectivity index is 0.00000392. The van der Waals surface area contributed by atoms with Crippen LogP contribution < -0.4 is 10.0 Å². The highest BCUT2D eigenvalue weighted by atomic mass is 35.5. The Morgan fingerprint density at radius 1 is 1.36 bits per heavy atom. The average molecular weight is 436 g/mol. The molecule has 1 aromatic carbocycles. The summed E-state index contributed by atoms with van der Waals surface area (Å²) in [7, 11) is -4.02. The van der Waals surface area contributed by atoms with E-state index in [1.54, 1.807) is 6.92 Å². The second-order valence-corrected chi connectivity index (χ2v) is 8.74. The summed E-state index contributed by atoms with van der Waals surface area (Å²) in [5, 5.41) is 14.5. The molecule has 1 aromatic rings. The molecule has 1 saturated heterocycles. The zero-order chi connectivity index (χ0) is 20.2. The lowest BCUT2D eigenvalue weighted by Gasteiger charge is -2.34. The van der Waals surface area contributed by atoms with Crippen molar-refractivity contribution in [2.45, 2.75) is 38.5 Å². The van der Waals surface area contributed by atoms with Crippen molar-refractivity contribution in [3.63, 3.8) is 0 Å². The van der Waals surface area contributed by atoms with E-state index in [0.717, 1.165) is 38.1 Å². The molecule has 1 aliphatic rings. The van der Waals surface area contributed by atoms with Gasteiger partial charge in [-0.15, -0.1) is 12.4 Å². The van der Waals surface area contributed by atoms with Gasteiger partial charge in [0.2, 0.25) is 10.0 Å². The maximum absolute atomic E-state index is 12.7. The number of piperidine rings is 1. The largest absolute Gasteiger partial charge is 0.462 e. The van der Waals surface area contributed by atoms with E-state index in [9.17, 15) is 23.3 Å². The van der Waals surface area contributed by atoms with Crippen molar-refractivity contribution in [2.24, 2.45) is 5.41 Å². The second-order valence-electron chi connectivity index (χ2n) is 6.98. The SMILES string of the molecule is CCOC(=O)c1cc(S(=O)(=O)NCC2(C)CCNCC2)cc([N+](=O)[O-])c1C.Cl. The number of nitrogens with zero attached hydrogens (tertiary/aromatic N) is 1. The van der Waals surface area contributed by atoms with E-state index < -0.39 is 26.6 Å². The van der Waals surface area contributed by atoms with Gasteiger partial charge in [0.25, 0.3) is 5.69 Å². The number of carbonyl (C=O) groups excluding carboxylic acids is 1. The summed E-state index contributed by atoms with van der Waals surface area (Å²) in [6.07, 6.45) is 1.63. The Kier molecular flexibility index (Phi) is 8.36. The van der Waals surface area contributed by atoms with E-state index in [0.29, 0.717) is 0 Å². The molecule has 1 fully saturated rings. The predicted octanol–water partition coefficient (Wildman–Crippen LogP) is 2.17. The minimum absolute atomic E-state index is 0. The van der Waals surface area contributed by atoms with Gasteiger partial charge < -0.3 is 10.1 Å². The number of esters is 1. The minimum atomic E-state index is -4.02. The van der Waals surface area contributed by atoms with Crippen molar-refractivity contribution in [2.75, 3.05) is 26.2 Å². The fourth-order valence-corrected chi connectivity index (χ4v) is 4.24. The smallest absolute Gasteiger partial charge is 0.338 e. The van der Waals surface area contributed by atoms with Crippen molar-refractivity contribution in [1.29, 1.82) is 0 Å². The molecular formula is C17H26ClN3O6S. The lowest BCUT2D eigenvalue weighted by atomic mass is 9.81. The molecule has 28 heavy (non-hydrogen) atoms. The summed E-state index contributed by atoms with van der Waals surface area (Å²) in [5.41, 5.74) is -0.685. The molecule has 0 amide bonds. The van der Waals surface area contributed by atoms with Crippen LogP contribution >= 0.6 is 12.4 Å². The zero-order valence-electron chi connectivity index (χ0n) is 16.1. The normalized spacial score (nSPS) is 16.1. The Morgan fingerprint density at radius 3 is 2.50 bits per heavy atom. The number of ether oxygens (including phenoxy) is 1. The highest BCUT2D eigenvalue weighted by Gasteiger charge is 2.30. The van der Waals surface area contributed by atoms with E-state index in [1.807, 2.05) is 6.92 Å². The molecule has 2 rings (SSSR count). The monoisotopic (exact) mass is 435 g/mol. The minimum Gasteiger partial charge on any atom is -0.462 e. The third-order valence-electron chi connectivity index (χ3n) is 4.86. The first-order valence-corrected chi connectivity index (χ1v) is 10.2. The Hall–Kier alpha value is -1.75. The predicted molar refractivity (Wildman–Crippen MR) is 106 cm³/mol. The number of halogens is 1. The van der Waals surface area contributed by atoms with Gasteiger partial charge in [-0.25, -0.2) is 17.9 Å². The van der Waals surface area contributed by atoms with Crippen molar-refractivity contribution < 1.29 is 22.9 Å². The quantitative estimate of drug-likeness (QED) is 0.381.